The SMILES string of the molecule is CCOC(=O)C(C)NCc1cnccc1C. The molecule has 1 aromatic heterocycles. The number of rotatable bonds is 5. The standard InChI is InChI=1S/C12H18N2O2/c1-4-16-12(15)10(3)14-8-11-7-13-6-5-9(11)2/h5-7,10,14H,4,8H2,1-3H3. The van der Waals surface area contributed by atoms with Gasteiger partial charge in [-0.05, 0) is 38.0 Å². The molecule has 4 nitrogen and oxygen atoms in total. The van der Waals surface area contributed by atoms with Gasteiger partial charge in [0.1, 0.15) is 6.04 Å². The lowest BCUT2D eigenvalue weighted by molar-refractivity contribution is -0.145. The molecule has 88 valence electrons. The summed E-state index contributed by atoms with van der Waals surface area (Å²) in [5, 5.41) is 3.11. The van der Waals surface area contributed by atoms with E-state index in [1.54, 1.807) is 26.2 Å². The summed E-state index contributed by atoms with van der Waals surface area (Å²) in [6.45, 7) is 6.66. The highest BCUT2D eigenvalue weighted by atomic mass is 16.5. The number of nitrogens with zero attached hydrogens (tertiary/aromatic N) is 1. The van der Waals surface area contributed by atoms with Crippen LogP contribution < -0.4 is 5.32 Å². The fourth-order valence-electron chi connectivity index (χ4n) is 1.30. The first-order valence-electron chi connectivity index (χ1n) is 5.44. The topological polar surface area (TPSA) is 51.2 Å². The summed E-state index contributed by atoms with van der Waals surface area (Å²) in [6, 6.07) is 1.66. The Labute approximate surface area is 96.0 Å². The fourth-order valence-corrected chi connectivity index (χ4v) is 1.30. The summed E-state index contributed by atoms with van der Waals surface area (Å²) in [4.78, 5) is 15.4. The van der Waals surface area contributed by atoms with E-state index in [1.165, 1.54) is 5.56 Å². The Morgan fingerprint density at radius 2 is 2.38 bits per heavy atom. The molecule has 1 unspecified atom stereocenters. The molecule has 1 heterocycles. The highest BCUT2D eigenvalue weighted by Crippen LogP contribution is 2.04. The van der Waals surface area contributed by atoms with Crippen molar-refractivity contribution in [1.82, 2.24) is 10.3 Å². The molecule has 16 heavy (non-hydrogen) atoms. The van der Waals surface area contributed by atoms with Crippen molar-refractivity contribution in [3.8, 4) is 0 Å². The second-order valence-electron chi connectivity index (χ2n) is 3.66. The maximum absolute atomic E-state index is 11.3. The van der Waals surface area contributed by atoms with E-state index in [2.05, 4.69) is 10.3 Å². The molecule has 0 saturated heterocycles. The van der Waals surface area contributed by atoms with E-state index in [1.807, 2.05) is 13.0 Å². The van der Waals surface area contributed by atoms with Gasteiger partial charge in [0.05, 0.1) is 6.61 Å². The van der Waals surface area contributed by atoms with Gasteiger partial charge in [-0.3, -0.25) is 9.78 Å². The summed E-state index contributed by atoms with van der Waals surface area (Å²) in [7, 11) is 0. The first-order valence-corrected chi connectivity index (χ1v) is 5.44. The predicted octanol–water partition coefficient (Wildman–Crippen LogP) is 1.43. The van der Waals surface area contributed by atoms with E-state index in [0.717, 1.165) is 5.56 Å². The summed E-state index contributed by atoms with van der Waals surface area (Å²) >= 11 is 0. The number of pyridine rings is 1. The molecule has 0 bridgehead atoms. The van der Waals surface area contributed by atoms with Crippen LogP contribution in [0.15, 0.2) is 18.5 Å². The molecule has 0 saturated carbocycles. The van der Waals surface area contributed by atoms with Gasteiger partial charge in [-0.25, -0.2) is 0 Å². The first-order chi connectivity index (χ1) is 7.65. The second-order valence-corrected chi connectivity index (χ2v) is 3.66. The van der Waals surface area contributed by atoms with Gasteiger partial charge in [-0.1, -0.05) is 0 Å². The van der Waals surface area contributed by atoms with Crippen LogP contribution in [0.25, 0.3) is 0 Å². The molecule has 0 aromatic carbocycles. The van der Waals surface area contributed by atoms with Gasteiger partial charge in [0.25, 0.3) is 0 Å². The molecule has 1 atom stereocenters. The third-order valence-electron chi connectivity index (χ3n) is 2.39. The molecule has 0 aliphatic carbocycles. The minimum Gasteiger partial charge on any atom is -0.465 e. The monoisotopic (exact) mass is 222 g/mol. The molecule has 0 aliphatic rings. The summed E-state index contributed by atoms with van der Waals surface area (Å²) in [6.07, 6.45) is 3.56. The van der Waals surface area contributed by atoms with Gasteiger partial charge < -0.3 is 10.1 Å². The Hall–Kier alpha value is -1.42. The van der Waals surface area contributed by atoms with Crippen LogP contribution in [-0.2, 0) is 16.1 Å². The molecular formula is C12H18N2O2. The third-order valence-corrected chi connectivity index (χ3v) is 2.39. The molecule has 1 aromatic rings. The van der Waals surface area contributed by atoms with Crippen molar-refractivity contribution in [1.29, 1.82) is 0 Å². The number of esters is 1. The number of aromatic nitrogens is 1. The van der Waals surface area contributed by atoms with Crippen LogP contribution in [0.3, 0.4) is 0 Å². The zero-order chi connectivity index (χ0) is 12.0. The molecular weight excluding hydrogens is 204 g/mol. The lowest BCUT2D eigenvalue weighted by atomic mass is 10.1. The molecule has 0 fully saturated rings. The third kappa shape index (κ3) is 3.62. The van der Waals surface area contributed by atoms with Crippen molar-refractivity contribution < 1.29 is 9.53 Å². The fraction of sp³-hybridized carbons (Fsp3) is 0.500. The van der Waals surface area contributed by atoms with Crippen LogP contribution in [-0.4, -0.2) is 23.6 Å². The Kier molecular flexibility index (Phi) is 4.92. The Morgan fingerprint density at radius 3 is 3.00 bits per heavy atom. The largest absolute Gasteiger partial charge is 0.465 e. The van der Waals surface area contributed by atoms with Gasteiger partial charge in [0, 0.05) is 18.9 Å². The Balaban J connectivity index is 2.46. The number of hydrogen-bond acceptors (Lipinski definition) is 4. The van der Waals surface area contributed by atoms with E-state index in [0.29, 0.717) is 13.2 Å². The van der Waals surface area contributed by atoms with Crippen molar-refractivity contribution in [2.45, 2.75) is 33.4 Å². The molecule has 4 heteroatoms. The average molecular weight is 222 g/mol. The zero-order valence-electron chi connectivity index (χ0n) is 9.99. The maximum Gasteiger partial charge on any atom is 0.322 e. The molecule has 0 amide bonds. The number of carbonyl (C=O) groups is 1. The molecule has 0 spiro atoms. The first kappa shape index (κ1) is 12.6. The highest BCUT2D eigenvalue weighted by molar-refractivity contribution is 5.75. The van der Waals surface area contributed by atoms with Gasteiger partial charge in [0.15, 0.2) is 0 Å². The normalized spacial score (nSPS) is 12.2. The molecule has 1 N–H and O–H groups in total. The van der Waals surface area contributed by atoms with Crippen molar-refractivity contribution in [3.63, 3.8) is 0 Å². The quantitative estimate of drug-likeness (QED) is 0.766. The number of aryl methyl sites for hydroxylation is 1. The Morgan fingerprint density at radius 1 is 1.62 bits per heavy atom. The van der Waals surface area contributed by atoms with Crippen LogP contribution in [0.4, 0.5) is 0 Å². The van der Waals surface area contributed by atoms with E-state index in [9.17, 15) is 4.79 Å². The highest BCUT2D eigenvalue weighted by Gasteiger charge is 2.12. The van der Waals surface area contributed by atoms with E-state index < -0.39 is 0 Å². The second kappa shape index (κ2) is 6.23. The van der Waals surface area contributed by atoms with Gasteiger partial charge >= 0.3 is 5.97 Å². The van der Waals surface area contributed by atoms with Crippen molar-refractivity contribution in [3.05, 3.63) is 29.6 Å². The number of carbonyl (C=O) groups excluding carboxylic acids is 1. The van der Waals surface area contributed by atoms with E-state index >= 15 is 0 Å². The summed E-state index contributed by atoms with van der Waals surface area (Å²) in [5.74, 6) is -0.218. The summed E-state index contributed by atoms with van der Waals surface area (Å²) < 4.78 is 4.91. The minimum atomic E-state index is -0.292. The maximum atomic E-state index is 11.3. The van der Waals surface area contributed by atoms with Crippen LogP contribution in [0.5, 0.6) is 0 Å². The average Bonchev–Trinajstić information content (AvgIpc) is 2.28. The van der Waals surface area contributed by atoms with Gasteiger partial charge in [0.2, 0.25) is 0 Å². The van der Waals surface area contributed by atoms with Crippen LogP contribution >= 0.6 is 0 Å². The number of hydrogen-bond donors (Lipinski definition) is 1. The van der Waals surface area contributed by atoms with Crippen molar-refractivity contribution >= 4 is 5.97 Å². The zero-order valence-corrected chi connectivity index (χ0v) is 9.99. The van der Waals surface area contributed by atoms with Crippen LogP contribution in [0, 0.1) is 6.92 Å². The van der Waals surface area contributed by atoms with Crippen LogP contribution in [0.2, 0.25) is 0 Å². The molecule has 0 aliphatic heterocycles. The van der Waals surface area contributed by atoms with E-state index in [-0.39, 0.29) is 12.0 Å². The van der Waals surface area contributed by atoms with Gasteiger partial charge in [-0.2, -0.15) is 0 Å². The number of ether oxygens (including phenoxy) is 1. The summed E-state index contributed by atoms with van der Waals surface area (Å²) in [5.41, 5.74) is 2.26. The van der Waals surface area contributed by atoms with E-state index in [4.69, 9.17) is 4.74 Å². The lowest BCUT2D eigenvalue weighted by Crippen LogP contribution is -2.35. The predicted molar refractivity (Wildman–Crippen MR) is 61.9 cm³/mol. The Bertz CT molecular complexity index is 353. The number of nitrogens with one attached hydrogen (secondary N) is 1. The molecule has 1 rings (SSSR count). The minimum absolute atomic E-state index is 0.218. The molecule has 0 radical (unpaired) electrons. The van der Waals surface area contributed by atoms with Crippen molar-refractivity contribution in [2.75, 3.05) is 6.61 Å². The van der Waals surface area contributed by atoms with Gasteiger partial charge in [-0.15, -0.1) is 0 Å². The smallest absolute Gasteiger partial charge is 0.322 e. The lowest BCUT2D eigenvalue weighted by Gasteiger charge is -2.13. The van der Waals surface area contributed by atoms with Crippen LogP contribution in [0.1, 0.15) is 25.0 Å². The van der Waals surface area contributed by atoms with Crippen molar-refractivity contribution in [2.24, 2.45) is 0 Å².